The van der Waals surface area contributed by atoms with Crippen molar-refractivity contribution in [2.75, 3.05) is 0 Å². The maximum atomic E-state index is 12.6. The molecule has 0 unspecified atom stereocenters. The van der Waals surface area contributed by atoms with Crippen LogP contribution in [0.15, 0.2) is 42.6 Å². The van der Waals surface area contributed by atoms with Crippen molar-refractivity contribution in [3.8, 4) is 17.0 Å². The zero-order valence-corrected chi connectivity index (χ0v) is 18.7. The van der Waals surface area contributed by atoms with Crippen LogP contribution in [-0.4, -0.2) is 11.0 Å². The number of benzene rings is 1. The Morgan fingerprint density at radius 1 is 0.933 bits per heavy atom. The molecule has 1 aliphatic carbocycles. The SMILES string of the molecule is CCCCCCC1CCC(C(=O)Oc2ccc(-c3ccc(CCC)cn3)cc2)CC1. The lowest BCUT2D eigenvalue weighted by Gasteiger charge is -2.27. The van der Waals surface area contributed by atoms with Crippen LogP contribution in [0.5, 0.6) is 5.75 Å². The van der Waals surface area contributed by atoms with E-state index in [0.29, 0.717) is 5.75 Å². The van der Waals surface area contributed by atoms with Gasteiger partial charge >= 0.3 is 5.97 Å². The van der Waals surface area contributed by atoms with Gasteiger partial charge in [-0.3, -0.25) is 9.78 Å². The molecule has 0 bridgehead atoms. The largest absolute Gasteiger partial charge is 0.426 e. The van der Waals surface area contributed by atoms with Gasteiger partial charge in [-0.25, -0.2) is 0 Å². The van der Waals surface area contributed by atoms with Gasteiger partial charge in [0.15, 0.2) is 0 Å². The third-order valence-electron chi connectivity index (χ3n) is 6.38. The molecule has 162 valence electrons. The highest BCUT2D eigenvalue weighted by molar-refractivity contribution is 5.75. The first kappa shape index (κ1) is 22.5. The van der Waals surface area contributed by atoms with Crippen molar-refractivity contribution in [2.45, 2.75) is 84.5 Å². The molecule has 0 radical (unpaired) electrons. The van der Waals surface area contributed by atoms with Crippen molar-refractivity contribution in [3.05, 3.63) is 48.2 Å². The Kier molecular flexibility index (Phi) is 8.92. The van der Waals surface area contributed by atoms with Crippen molar-refractivity contribution < 1.29 is 9.53 Å². The van der Waals surface area contributed by atoms with E-state index in [1.54, 1.807) is 0 Å². The highest BCUT2D eigenvalue weighted by Gasteiger charge is 2.27. The Hall–Kier alpha value is -2.16. The van der Waals surface area contributed by atoms with Crippen molar-refractivity contribution >= 4 is 5.97 Å². The summed E-state index contributed by atoms with van der Waals surface area (Å²) in [5.41, 5.74) is 3.26. The molecule has 1 heterocycles. The molecule has 1 aromatic carbocycles. The molecule has 0 spiro atoms. The van der Waals surface area contributed by atoms with Crippen LogP contribution in [-0.2, 0) is 11.2 Å². The van der Waals surface area contributed by atoms with Gasteiger partial charge in [0, 0.05) is 11.8 Å². The topological polar surface area (TPSA) is 39.2 Å². The van der Waals surface area contributed by atoms with Gasteiger partial charge in [-0.15, -0.1) is 0 Å². The first-order valence-corrected chi connectivity index (χ1v) is 12.0. The third-order valence-corrected chi connectivity index (χ3v) is 6.38. The molecule has 3 heteroatoms. The number of rotatable bonds is 10. The fourth-order valence-electron chi connectivity index (χ4n) is 4.47. The van der Waals surface area contributed by atoms with Gasteiger partial charge in [0.25, 0.3) is 0 Å². The quantitative estimate of drug-likeness (QED) is 0.234. The minimum atomic E-state index is -0.0609. The average molecular weight is 408 g/mol. The van der Waals surface area contributed by atoms with E-state index in [1.165, 1.54) is 50.5 Å². The first-order valence-electron chi connectivity index (χ1n) is 12.0. The van der Waals surface area contributed by atoms with E-state index in [4.69, 9.17) is 4.74 Å². The number of nitrogens with zero attached hydrogens (tertiary/aromatic N) is 1. The minimum Gasteiger partial charge on any atom is -0.426 e. The molecule has 30 heavy (non-hydrogen) atoms. The number of aromatic nitrogens is 1. The highest BCUT2D eigenvalue weighted by atomic mass is 16.5. The number of esters is 1. The summed E-state index contributed by atoms with van der Waals surface area (Å²) >= 11 is 0. The highest BCUT2D eigenvalue weighted by Crippen LogP contribution is 2.33. The van der Waals surface area contributed by atoms with Crippen molar-refractivity contribution in [1.29, 1.82) is 0 Å². The molecule has 1 saturated carbocycles. The van der Waals surface area contributed by atoms with Gasteiger partial charge in [0.2, 0.25) is 0 Å². The van der Waals surface area contributed by atoms with Crippen LogP contribution in [0.3, 0.4) is 0 Å². The van der Waals surface area contributed by atoms with Gasteiger partial charge in [-0.2, -0.15) is 0 Å². The number of ether oxygens (including phenoxy) is 1. The summed E-state index contributed by atoms with van der Waals surface area (Å²) in [6.45, 7) is 4.43. The molecule has 1 aliphatic rings. The van der Waals surface area contributed by atoms with Crippen LogP contribution in [0.4, 0.5) is 0 Å². The maximum absolute atomic E-state index is 12.6. The molecule has 1 fully saturated rings. The summed E-state index contributed by atoms with van der Waals surface area (Å²) < 4.78 is 5.68. The van der Waals surface area contributed by atoms with E-state index in [1.807, 2.05) is 30.5 Å². The summed E-state index contributed by atoms with van der Waals surface area (Å²) in [4.78, 5) is 17.2. The normalized spacial score (nSPS) is 18.9. The molecule has 0 aliphatic heterocycles. The van der Waals surface area contributed by atoms with Gasteiger partial charge in [0.05, 0.1) is 11.6 Å². The molecule has 3 rings (SSSR count). The number of aryl methyl sites for hydroxylation is 1. The van der Waals surface area contributed by atoms with E-state index < -0.39 is 0 Å². The fourth-order valence-corrected chi connectivity index (χ4v) is 4.47. The predicted molar refractivity (Wildman–Crippen MR) is 124 cm³/mol. The minimum absolute atomic E-state index is 0.0596. The lowest BCUT2D eigenvalue weighted by atomic mass is 9.80. The first-order chi connectivity index (χ1) is 14.7. The Morgan fingerprint density at radius 3 is 2.33 bits per heavy atom. The van der Waals surface area contributed by atoms with Gasteiger partial charge in [-0.1, -0.05) is 58.4 Å². The lowest BCUT2D eigenvalue weighted by Crippen LogP contribution is -2.25. The smallest absolute Gasteiger partial charge is 0.314 e. The predicted octanol–water partition coefficient (Wildman–Crippen LogP) is 7.38. The van der Waals surface area contributed by atoms with Crippen LogP contribution in [0, 0.1) is 11.8 Å². The van der Waals surface area contributed by atoms with Gasteiger partial charge < -0.3 is 4.74 Å². The summed E-state index contributed by atoms with van der Waals surface area (Å²) in [6.07, 6.45) is 15.1. The number of hydrogen-bond donors (Lipinski definition) is 0. The number of carbonyl (C=O) groups is 1. The molecule has 0 atom stereocenters. The maximum Gasteiger partial charge on any atom is 0.314 e. The molecule has 3 nitrogen and oxygen atoms in total. The van der Waals surface area contributed by atoms with E-state index in [-0.39, 0.29) is 11.9 Å². The second kappa shape index (κ2) is 11.9. The molecular formula is C27H37NO2. The Morgan fingerprint density at radius 2 is 1.70 bits per heavy atom. The van der Waals surface area contributed by atoms with Crippen LogP contribution >= 0.6 is 0 Å². The second-order valence-corrected chi connectivity index (χ2v) is 8.81. The number of hydrogen-bond acceptors (Lipinski definition) is 3. The molecular weight excluding hydrogens is 370 g/mol. The van der Waals surface area contributed by atoms with Crippen molar-refractivity contribution in [2.24, 2.45) is 11.8 Å². The Labute approximate surface area is 182 Å². The van der Waals surface area contributed by atoms with Crippen LogP contribution in [0.1, 0.15) is 83.6 Å². The van der Waals surface area contributed by atoms with Crippen LogP contribution in [0.25, 0.3) is 11.3 Å². The van der Waals surface area contributed by atoms with E-state index in [2.05, 4.69) is 31.0 Å². The van der Waals surface area contributed by atoms with E-state index in [9.17, 15) is 4.79 Å². The molecule has 2 aromatic rings. The monoisotopic (exact) mass is 407 g/mol. The summed E-state index contributed by atoms with van der Waals surface area (Å²) in [5, 5.41) is 0. The molecule has 1 aromatic heterocycles. The zero-order chi connectivity index (χ0) is 21.2. The Balaban J connectivity index is 1.45. The standard InChI is InChI=1S/C27H37NO2/c1-3-5-6-7-9-21-10-13-24(14-11-21)27(29)30-25-17-15-23(16-18-25)26-19-12-22(8-4-2)20-28-26/h12,15-21,24H,3-11,13-14H2,1-2H3. The number of carbonyl (C=O) groups excluding carboxylic acids is 1. The van der Waals surface area contributed by atoms with Crippen molar-refractivity contribution in [3.63, 3.8) is 0 Å². The zero-order valence-electron chi connectivity index (χ0n) is 18.7. The third kappa shape index (κ3) is 6.68. The summed E-state index contributed by atoms with van der Waals surface area (Å²) in [7, 11) is 0. The molecule has 0 saturated heterocycles. The summed E-state index contributed by atoms with van der Waals surface area (Å²) in [5.74, 6) is 1.44. The fraction of sp³-hybridized carbons (Fsp3) is 0.556. The van der Waals surface area contributed by atoms with Crippen LogP contribution < -0.4 is 4.74 Å². The van der Waals surface area contributed by atoms with Gasteiger partial charge in [0.1, 0.15) is 5.75 Å². The van der Waals surface area contributed by atoms with Crippen molar-refractivity contribution in [1.82, 2.24) is 4.98 Å². The number of pyridine rings is 1. The summed E-state index contributed by atoms with van der Waals surface area (Å²) in [6, 6.07) is 11.9. The number of unbranched alkanes of at least 4 members (excludes halogenated alkanes) is 3. The molecule has 0 N–H and O–H groups in total. The Bertz CT molecular complexity index is 758. The van der Waals surface area contributed by atoms with Gasteiger partial charge in [-0.05, 0) is 73.9 Å². The lowest BCUT2D eigenvalue weighted by molar-refractivity contribution is -0.140. The van der Waals surface area contributed by atoms with E-state index in [0.717, 1.165) is 42.9 Å². The molecule has 0 amide bonds. The second-order valence-electron chi connectivity index (χ2n) is 8.81. The van der Waals surface area contributed by atoms with E-state index >= 15 is 0 Å². The van der Waals surface area contributed by atoms with Crippen LogP contribution in [0.2, 0.25) is 0 Å². The average Bonchev–Trinajstić information content (AvgIpc) is 2.78.